The number of nitrogens with zero attached hydrogens (tertiary/aromatic N) is 2. The van der Waals surface area contributed by atoms with E-state index in [1.807, 2.05) is 0 Å². The molecule has 6 heteroatoms. The van der Waals surface area contributed by atoms with Crippen LogP contribution in [0.15, 0.2) is 0 Å². The van der Waals surface area contributed by atoms with Crippen LogP contribution in [0.3, 0.4) is 0 Å². The molecule has 0 aromatic carbocycles. The van der Waals surface area contributed by atoms with E-state index in [1.54, 1.807) is 4.31 Å². The number of rotatable bonds is 7. The summed E-state index contributed by atoms with van der Waals surface area (Å²) in [7, 11) is -3.34. The Hall–Kier alpha value is -0.170. The van der Waals surface area contributed by atoms with E-state index >= 15 is 0 Å². The normalized spacial score (nSPS) is 31.3. The topological polar surface area (TPSA) is 52.7 Å². The molecular weight excluding hydrogens is 310 g/mol. The summed E-state index contributed by atoms with van der Waals surface area (Å²) in [5.74, 6) is 0.900. The maximum Gasteiger partial charge on any atom is 0.279 e. The van der Waals surface area contributed by atoms with Crippen LogP contribution < -0.4 is 4.72 Å². The van der Waals surface area contributed by atoms with Crippen LogP contribution in [0.4, 0.5) is 0 Å². The fraction of sp³-hybridized carbons (Fsp3) is 1.00. The first-order valence-corrected chi connectivity index (χ1v) is 10.8. The van der Waals surface area contributed by atoms with Crippen LogP contribution in [-0.2, 0) is 10.2 Å². The summed E-state index contributed by atoms with van der Waals surface area (Å²) in [5.41, 5.74) is 0. The Morgan fingerprint density at radius 3 is 2.48 bits per heavy atom. The van der Waals surface area contributed by atoms with Gasteiger partial charge in [-0.2, -0.15) is 12.7 Å². The summed E-state index contributed by atoms with van der Waals surface area (Å²) in [4.78, 5) is 2.48. The summed E-state index contributed by atoms with van der Waals surface area (Å²) in [6.07, 6.45) is 7.09. The third-order valence-corrected chi connectivity index (χ3v) is 6.73. The van der Waals surface area contributed by atoms with Crippen molar-refractivity contribution < 1.29 is 8.42 Å². The maximum atomic E-state index is 12.6. The standard InChI is InChI=1S/C17H35N3O2S/c1-4-5-9-19-10-7-6-8-17(19)12-18-23(21,22)20-13-15(2)11-16(3)14-20/h15-18H,4-14H2,1-3H3. The summed E-state index contributed by atoms with van der Waals surface area (Å²) in [5, 5.41) is 0. The molecule has 2 saturated heterocycles. The van der Waals surface area contributed by atoms with Gasteiger partial charge in [-0.3, -0.25) is 4.90 Å². The minimum atomic E-state index is -3.34. The number of hydrogen-bond donors (Lipinski definition) is 1. The Morgan fingerprint density at radius 2 is 1.83 bits per heavy atom. The average Bonchev–Trinajstić information content (AvgIpc) is 2.51. The van der Waals surface area contributed by atoms with E-state index in [-0.39, 0.29) is 0 Å². The zero-order chi connectivity index (χ0) is 16.9. The average molecular weight is 346 g/mol. The van der Waals surface area contributed by atoms with Crippen molar-refractivity contribution in [1.29, 1.82) is 0 Å². The molecule has 0 amide bonds. The molecule has 2 fully saturated rings. The molecule has 1 N–H and O–H groups in total. The summed E-state index contributed by atoms with van der Waals surface area (Å²) >= 11 is 0. The number of piperidine rings is 2. The lowest BCUT2D eigenvalue weighted by molar-refractivity contribution is 0.147. The number of unbranched alkanes of at least 4 members (excludes halogenated alkanes) is 1. The second-order valence-electron chi connectivity index (χ2n) is 7.66. The molecule has 23 heavy (non-hydrogen) atoms. The molecule has 2 aliphatic heterocycles. The molecule has 0 radical (unpaired) electrons. The molecule has 0 saturated carbocycles. The smallest absolute Gasteiger partial charge is 0.279 e. The molecule has 3 atom stereocenters. The molecule has 136 valence electrons. The van der Waals surface area contributed by atoms with Gasteiger partial charge < -0.3 is 0 Å². The lowest BCUT2D eigenvalue weighted by Gasteiger charge is -2.37. The second-order valence-corrected chi connectivity index (χ2v) is 9.41. The van der Waals surface area contributed by atoms with E-state index in [2.05, 4.69) is 30.4 Å². The van der Waals surface area contributed by atoms with Gasteiger partial charge in [0.05, 0.1) is 0 Å². The highest BCUT2D eigenvalue weighted by molar-refractivity contribution is 7.87. The third-order valence-electron chi connectivity index (χ3n) is 5.22. The van der Waals surface area contributed by atoms with Crippen LogP contribution in [0.2, 0.25) is 0 Å². The first kappa shape index (κ1) is 19.2. The summed E-state index contributed by atoms with van der Waals surface area (Å²) in [6, 6.07) is 0.365. The molecule has 0 aliphatic carbocycles. The number of nitrogens with one attached hydrogen (secondary N) is 1. The molecule has 0 spiro atoms. The van der Waals surface area contributed by atoms with Crippen molar-refractivity contribution in [3.63, 3.8) is 0 Å². The first-order chi connectivity index (χ1) is 10.9. The van der Waals surface area contributed by atoms with Gasteiger partial charge in [0.2, 0.25) is 0 Å². The van der Waals surface area contributed by atoms with E-state index < -0.39 is 10.2 Å². The highest BCUT2D eigenvalue weighted by Gasteiger charge is 2.31. The van der Waals surface area contributed by atoms with Gasteiger partial charge in [0, 0.05) is 25.7 Å². The molecule has 5 nitrogen and oxygen atoms in total. The molecule has 3 unspecified atom stereocenters. The lowest BCUT2D eigenvalue weighted by Crippen LogP contribution is -2.52. The minimum absolute atomic E-state index is 0.365. The summed E-state index contributed by atoms with van der Waals surface area (Å²) < 4.78 is 29.8. The van der Waals surface area contributed by atoms with Crippen LogP contribution >= 0.6 is 0 Å². The minimum Gasteiger partial charge on any atom is -0.299 e. The van der Waals surface area contributed by atoms with Crippen LogP contribution in [0.5, 0.6) is 0 Å². The monoisotopic (exact) mass is 345 g/mol. The SMILES string of the molecule is CCCCN1CCCCC1CNS(=O)(=O)N1CC(C)CC(C)C1. The van der Waals surface area contributed by atoms with Gasteiger partial charge in [0.25, 0.3) is 10.2 Å². The van der Waals surface area contributed by atoms with E-state index in [0.29, 0.717) is 37.5 Å². The highest BCUT2D eigenvalue weighted by atomic mass is 32.2. The van der Waals surface area contributed by atoms with Crippen molar-refractivity contribution in [3.05, 3.63) is 0 Å². The fourth-order valence-electron chi connectivity index (χ4n) is 4.04. The van der Waals surface area contributed by atoms with Gasteiger partial charge in [0.15, 0.2) is 0 Å². The molecule has 2 heterocycles. The Morgan fingerprint density at radius 1 is 1.13 bits per heavy atom. The zero-order valence-electron chi connectivity index (χ0n) is 15.1. The van der Waals surface area contributed by atoms with Crippen molar-refractivity contribution in [3.8, 4) is 0 Å². The Kier molecular flexibility index (Phi) is 7.32. The molecule has 0 aromatic rings. The molecule has 2 aliphatic rings. The van der Waals surface area contributed by atoms with Gasteiger partial charge >= 0.3 is 0 Å². The Labute approximate surface area is 143 Å². The molecular formula is C17H35N3O2S. The highest BCUT2D eigenvalue weighted by Crippen LogP contribution is 2.23. The number of likely N-dealkylation sites (tertiary alicyclic amines) is 1. The van der Waals surface area contributed by atoms with Gasteiger partial charge in [-0.15, -0.1) is 0 Å². The Bertz CT molecular complexity index is 445. The molecule has 0 aromatic heterocycles. The van der Waals surface area contributed by atoms with Gasteiger partial charge in [-0.1, -0.05) is 33.6 Å². The number of hydrogen-bond acceptors (Lipinski definition) is 3. The fourth-order valence-corrected chi connectivity index (χ4v) is 5.53. The second kappa shape index (κ2) is 8.79. The predicted octanol–water partition coefficient (Wildman–Crippen LogP) is 2.45. The predicted molar refractivity (Wildman–Crippen MR) is 95.6 cm³/mol. The van der Waals surface area contributed by atoms with Gasteiger partial charge in [-0.05, 0) is 50.6 Å². The largest absolute Gasteiger partial charge is 0.299 e. The molecule has 2 rings (SSSR count). The van der Waals surface area contributed by atoms with Crippen LogP contribution in [-0.4, -0.2) is 56.4 Å². The zero-order valence-corrected chi connectivity index (χ0v) is 15.9. The van der Waals surface area contributed by atoms with Crippen LogP contribution in [0.1, 0.15) is 59.3 Å². The Balaban J connectivity index is 1.89. The van der Waals surface area contributed by atoms with Crippen LogP contribution in [0.25, 0.3) is 0 Å². The van der Waals surface area contributed by atoms with Gasteiger partial charge in [0.1, 0.15) is 0 Å². The summed E-state index contributed by atoms with van der Waals surface area (Å²) in [6.45, 7) is 10.6. The van der Waals surface area contributed by atoms with Crippen molar-refractivity contribution in [2.24, 2.45) is 11.8 Å². The molecule has 0 bridgehead atoms. The first-order valence-electron chi connectivity index (χ1n) is 9.41. The van der Waals surface area contributed by atoms with E-state index in [1.165, 1.54) is 25.7 Å². The van der Waals surface area contributed by atoms with Crippen LogP contribution in [0, 0.1) is 11.8 Å². The van der Waals surface area contributed by atoms with Crippen molar-refractivity contribution in [1.82, 2.24) is 13.9 Å². The maximum absolute atomic E-state index is 12.6. The van der Waals surface area contributed by atoms with Crippen molar-refractivity contribution in [2.75, 3.05) is 32.7 Å². The van der Waals surface area contributed by atoms with Crippen molar-refractivity contribution in [2.45, 2.75) is 65.3 Å². The van der Waals surface area contributed by atoms with E-state index in [4.69, 9.17) is 0 Å². The van der Waals surface area contributed by atoms with E-state index in [0.717, 1.165) is 25.9 Å². The van der Waals surface area contributed by atoms with E-state index in [9.17, 15) is 8.42 Å². The quantitative estimate of drug-likeness (QED) is 0.771. The van der Waals surface area contributed by atoms with Gasteiger partial charge in [-0.25, -0.2) is 4.72 Å². The van der Waals surface area contributed by atoms with Crippen molar-refractivity contribution >= 4 is 10.2 Å². The lowest BCUT2D eigenvalue weighted by atomic mass is 9.94. The third kappa shape index (κ3) is 5.69.